The van der Waals surface area contributed by atoms with Crippen LogP contribution in [0.4, 0.5) is 0 Å². The zero-order chi connectivity index (χ0) is 20.8. The number of rotatable bonds is 0. The maximum atomic E-state index is 13.9. The molecule has 0 aromatic rings. The summed E-state index contributed by atoms with van der Waals surface area (Å²) in [5.74, 6) is -3.04. The van der Waals surface area contributed by atoms with E-state index < -0.39 is 46.1 Å². The van der Waals surface area contributed by atoms with Crippen LogP contribution < -0.4 is 0 Å². The van der Waals surface area contributed by atoms with E-state index in [0.29, 0.717) is 12.2 Å². The summed E-state index contributed by atoms with van der Waals surface area (Å²) >= 11 is 0. The van der Waals surface area contributed by atoms with Crippen LogP contribution >= 0.6 is 0 Å². The molecule has 3 spiro atoms. The van der Waals surface area contributed by atoms with E-state index in [2.05, 4.69) is 6.58 Å². The molecule has 3 heterocycles. The van der Waals surface area contributed by atoms with E-state index in [-0.39, 0.29) is 23.5 Å². The Morgan fingerprint density at radius 3 is 2.62 bits per heavy atom. The van der Waals surface area contributed by atoms with E-state index in [0.717, 1.165) is 12.8 Å². The second-order valence-corrected chi connectivity index (χ2v) is 11.1. The van der Waals surface area contributed by atoms with Gasteiger partial charge in [0.25, 0.3) is 0 Å². The van der Waals surface area contributed by atoms with Crippen LogP contribution in [0.3, 0.4) is 0 Å². The number of ketones is 1. The Balaban J connectivity index is 1.68. The van der Waals surface area contributed by atoms with Crippen molar-refractivity contribution in [2.24, 2.45) is 34.0 Å². The SMILES string of the molecule is C=C1C(=O)[C@@]23[C@@H]4OC(C)(C)OC25OC[C@]2(C=C[C@H](O)C(C)(C)[C@H]2[C@@H]5O)[C@@H]3CC[C@@H]14. The number of Topliss-reactive ketones (excluding diaryl/α,β-unsaturated/α-hetero) is 1. The first-order valence-corrected chi connectivity index (χ1v) is 10.8. The van der Waals surface area contributed by atoms with Gasteiger partial charge in [-0.1, -0.05) is 32.6 Å². The van der Waals surface area contributed by atoms with Crippen molar-refractivity contribution in [3.8, 4) is 0 Å². The molecule has 3 saturated carbocycles. The number of ether oxygens (including phenoxy) is 3. The zero-order valence-corrected chi connectivity index (χ0v) is 17.5. The summed E-state index contributed by atoms with van der Waals surface area (Å²) in [5.41, 5.74) is -1.67. The molecule has 3 saturated heterocycles. The van der Waals surface area contributed by atoms with Crippen molar-refractivity contribution in [1.29, 1.82) is 0 Å². The molecule has 4 aliphatic carbocycles. The van der Waals surface area contributed by atoms with Crippen LogP contribution in [-0.2, 0) is 19.0 Å². The Morgan fingerprint density at radius 2 is 1.90 bits per heavy atom. The predicted octanol–water partition coefficient (Wildman–Crippen LogP) is 1.95. The normalized spacial score (nSPS) is 58.1. The van der Waals surface area contributed by atoms with Gasteiger partial charge in [-0.2, -0.15) is 0 Å². The third-order valence-corrected chi connectivity index (χ3v) is 9.25. The summed E-state index contributed by atoms with van der Waals surface area (Å²) in [7, 11) is 0. The monoisotopic (exact) mass is 402 g/mol. The standard InChI is InChI=1S/C23H30O6/c1-11-12-6-7-13-21-9-8-14(24)19(2,3)15(21)17(26)23(27-10-21)22(13,16(11)25)18(12)28-20(4,5)29-23/h8-9,12-15,17-18,24,26H,1,6-7,10H2,2-5H3/t12-,13-,14-,15+,17-,18+,21+,22-,23?/m0/s1. The van der Waals surface area contributed by atoms with E-state index in [1.165, 1.54) is 0 Å². The molecule has 0 radical (unpaired) electrons. The molecule has 7 aliphatic rings. The molecule has 4 bridgehead atoms. The minimum atomic E-state index is -1.49. The lowest BCUT2D eigenvalue weighted by Crippen LogP contribution is -2.87. The van der Waals surface area contributed by atoms with Crippen LogP contribution in [0.2, 0.25) is 0 Å². The number of carbonyl (C=O) groups is 1. The summed E-state index contributed by atoms with van der Waals surface area (Å²) in [5, 5.41) is 22.7. The largest absolute Gasteiger partial charge is 0.388 e. The Hall–Kier alpha value is -1.05. The lowest BCUT2D eigenvalue weighted by atomic mass is 9.37. The summed E-state index contributed by atoms with van der Waals surface area (Å²) < 4.78 is 19.3. The molecular weight excluding hydrogens is 372 g/mol. The average Bonchev–Trinajstić information content (AvgIpc) is 2.75. The molecule has 6 nitrogen and oxygen atoms in total. The minimum absolute atomic E-state index is 0.0700. The van der Waals surface area contributed by atoms with Crippen molar-refractivity contribution >= 4 is 5.78 Å². The number of fused-ring (bicyclic) bond motifs is 1. The van der Waals surface area contributed by atoms with Crippen LogP contribution in [0.5, 0.6) is 0 Å². The molecule has 6 heteroatoms. The fraction of sp³-hybridized carbons (Fsp3) is 0.783. The van der Waals surface area contributed by atoms with Gasteiger partial charge in [0.05, 0.1) is 18.8 Å². The maximum Gasteiger partial charge on any atom is 0.213 e. The highest BCUT2D eigenvalue weighted by atomic mass is 16.8. The third kappa shape index (κ3) is 1.65. The highest BCUT2D eigenvalue weighted by molar-refractivity contribution is 6.05. The quantitative estimate of drug-likeness (QED) is 0.476. The molecule has 7 rings (SSSR count). The van der Waals surface area contributed by atoms with Crippen molar-refractivity contribution in [2.75, 3.05) is 6.61 Å². The second kappa shape index (κ2) is 4.89. The molecule has 9 atom stereocenters. The van der Waals surface area contributed by atoms with Gasteiger partial charge in [0.15, 0.2) is 11.6 Å². The lowest BCUT2D eigenvalue weighted by Gasteiger charge is -2.76. The van der Waals surface area contributed by atoms with E-state index in [9.17, 15) is 15.0 Å². The van der Waals surface area contributed by atoms with Crippen molar-refractivity contribution in [2.45, 2.75) is 70.4 Å². The van der Waals surface area contributed by atoms with Gasteiger partial charge in [0, 0.05) is 22.7 Å². The van der Waals surface area contributed by atoms with Gasteiger partial charge in [-0.05, 0) is 38.2 Å². The average molecular weight is 402 g/mol. The first kappa shape index (κ1) is 18.7. The summed E-state index contributed by atoms with van der Waals surface area (Å²) in [6.45, 7) is 12.1. The van der Waals surface area contributed by atoms with E-state index in [1.807, 2.05) is 39.8 Å². The number of carbonyl (C=O) groups excluding carboxylic acids is 1. The second-order valence-electron chi connectivity index (χ2n) is 11.1. The van der Waals surface area contributed by atoms with Gasteiger partial charge < -0.3 is 24.4 Å². The minimum Gasteiger partial charge on any atom is -0.388 e. The van der Waals surface area contributed by atoms with Crippen molar-refractivity contribution in [3.05, 3.63) is 24.3 Å². The van der Waals surface area contributed by atoms with Crippen LogP contribution in [-0.4, -0.2) is 52.5 Å². The summed E-state index contributed by atoms with van der Waals surface area (Å²) in [6.07, 6.45) is 3.33. The third-order valence-electron chi connectivity index (χ3n) is 9.25. The first-order valence-electron chi connectivity index (χ1n) is 10.8. The summed E-state index contributed by atoms with van der Waals surface area (Å²) in [6, 6.07) is 0. The van der Waals surface area contributed by atoms with E-state index in [1.54, 1.807) is 0 Å². The molecule has 1 unspecified atom stereocenters. The molecule has 0 amide bonds. The van der Waals surface area contributed by atoms with Crippen LogP contribution in [0.1, 0.15) is 40.5 Å². The smallest absolute Gasteiger partial charge is 0.213 e. The first-order chi connectivity index (χ1) is 13.5. The molecule has 29 heavy (non-hydrogen) atoms. The summed E-state index contributed by atoms with van der Waals surface area (Å²) in [4.78, 5) is 13.9. The van der Waals surface area contributed by atoms with Gasteiger partial charge in [-0.15, -0.1) is 0 Å². The predicted molar refractivity (Wildman–Crippen MR) is 102 cm³/mol. The molecule has 6 fully saturated rings. The molecular formula is C23H30O6. The van der Waals surface area contributed by atoms with E-state index in [4.69, 9.17) is 14.2 Å². The van der Waals surface area contributed by atoms with Crippen molar-refractivity contribution in [3.63, 3.8) is 0 Å². The fourth-order valence-electron chi connectivity index (χ4n) is 8.33. The van der Waals surface area contributed by atoms with Crippen LogP contribution in [0.25, 0.3) is 0 Å². The van der Waals surface area contributed by atoms with Gasteiger partial charge in [0.2, 0.25) is 5.79 Å². The maximum absolute atomic E-state index is 13.9. The number of aliphatic hydroxyl groups excluding tert-OH is 2. The lowest BCUT2D eigenvalue weighted by molar-refractivity contribution is -0.524. The molecule has 158 valence electrons. The Bertz CT molecular complexity index is 875. The number of hydrogen-bond donors (Lipinski definition) is 2. The van der Waals surface area contributed by atoms with Crippen molar-refractivity contribution < 1.29 is 29.2 Å². The molecule has 0 aromatic carbocycles. The number of aliphatic hydroxyl groups is 2. The van der Waals surface area contributed by atoms with E-state index >= 15 is 0 Å². The van der Waals surface area contributed by atoms with Crippen molar-refractivity contribution in [1.82, 2.24) is 0 Å². The van der Waals surface area contributed by atoms with Gasteiger partial charge in [0.1, 0.15) is 11.5 Å². The van der Waals surface area contributed by atoms with Gasteiger partial charge >= 0.3 is 0 Å². The Morgan fingerprint density at radius 1 is 1.17 bits per heavy atom. The molecule has 2 N–H and O–H groups in total. The molecule has 0 aromatic heterocycles. The number of hydrogen-bond acceptors (Lipinski definition) is 6. The van der Waals surface area contributed by atoms with Gasteiger partial charge in [-0.3, -0.25) is 4.79 Å². The van der Waals surface area contributed by atoms with Gasteiger partial charge in [-0.25, -0.2) is 0 Å². The van der Waals surface area contributed by atoms with Crippen LogP contribution in [0, 0.1) is 34.0 Å². The molecule has 3 aliphatic heterocycles. The fourth-order valence-corrected chi connectivity index (χ4v) is 8.33. The Labute approximate surface area is 170 Å². The van der Waals surface area contributed by atoms with Crippen LogP contribution in [0.15, 0.2) is 24.3 Å². The highest BCUT2D eigenvalue weighted by Crippen LogP contribution is 2.78. The highest BCUT2D eigenvalue weighted by Gasteiger charge is 2.88. The zero-order valence-electron chi connectivity index (χ0n) is 17.5. The topological polar surface area (TPSA) is 85.2 Å². The Kier molecular flexibility index (Phi) is 3.15.